The molecule has 152 valence electrons. The van der Waals surface area contributed by atoms with Gasteiger partial charge in [-0.05, 0) is 60.2 Å². The molecule has 0 saturated carbocycles. The lowest BCUT2D eigenvalue weighted by atomic mass is 10.2. The Balaban J connectivity index is 1.47. The van der Waals surface area contributed by atoms with Gasteiger partial charge in [0, 0.05) is 11.3 Å². The standard InChI is InChI=1S/C22H17F2N3O3/c23-17-7-9-18(10-8-17)26-21(28)22(29)27-25-13-15-5-11-19(12-6-15)30-14-16-3-1-2-4-20(16)24/h1-13H,14H2,(H,26,28)(H,27,29)/b25-13+. The Kier molecular flexibility index (Phi) is 6.83. The highest BCUT2D eigenvalue weighted by atomic mass is 19.1. The van der Waals surface area contributed by atoms with Crippen molar-refractivity contribution >= 4 is 23.7 Å². The fourth-order valence-corrected chi connectivity index (χ4v) is 2.36. The van der Waals surface area contributed by atoms with Gasteiger partial charge >= 0.3 is 11.8 Å². The zero-order chi connectivity index (χ0) is 21.3. The van der Waals surface area contributed by atoms with Crippen LogP contribution in [0.3, 0.4) is 0 Å². The monoisotopic (exact) mass is 409 g/mol. The lowest BCUT2D eigenvalue weighted by molar-refractivity contribution is -0.136. The third kappa shape index (κ3) is 5.96. The van der Waals surface area contributed by atoms with Crippen molar-refractivity contribution in [2.45, 2.75) is 6.61 Å². The van der Waals surface area contributed by atoms with Gasteiger partial charge in [0.05, 0.1) is 6.21 Å². The zero-order valence-corrected chi connectivity index (χ0v) is 15.6. The van der Waals surface area contributed by atoms with Gasteiger partial charge in [0.15, 0.2) is 0 Å². The van der Waals surface area contributed by atoms with Crippen LogP contribution in [0.5, 0.6) is 5.75 Å². The average Bonchev–Trinajstić information content (AvgIpc) is 2.75. The summed E-state index contributed by atoms with van der Waals surface area (Å²) in [5.41, 5.74) is 3.48. The minimum atomic E-state index is -0.972. The van der Waals surface area contributed by atoms with Crippen LogP contribution >= 0.6 is 0 Å². The first-order valence-electron chi connectivity index (χ1n) is 8.87. The summed E-state index contributed by atoms with van der Waals surface area (Å²) in [6.45, 7) is 0.0966. The molecule has 30 heavy (non-hydrogen) atoms. The number of hydrogen-bond acceptors (Lipinski definition) is 4. The summed E-state index contributed by atoms with van der Waals surface area (Å²) in [5, 5.41) is 6.04. The molecule has 0 atom stereocenters. The fourth-order valence-electron chi connectivity index (χ4n) is 2.36. The van der Waals surface area contributed by atoms with Gasteiger partial charge in [-0.1, -0.05) is 18.2 Å². The van der Waals surface area contributed by atoms with Crippen LogP contribution in [0.15, 0.2) is 77.9 Å². The molecule has 0 spiro atoms. The predicted octanol–water partition coefficient (Wildman–Crippen LogP) is 3.63. The number of nitrogens with one attached hydrogen (secondary N) is 2. The van der Waals surface area contributed by atoms with Gasteiger partial charge in [-0.25, -0.2) is 14.2 Å². The van der Waals surface area contributed by atoms with Crippen molar-refractivity contribution in [3.05, 3.63) is 95.6 Å². The Morgan fingerprint density at radius 3 is 2.30 bits per heavy atom. The molecule has 0 aliphatic rings. The van der Waals surface area contributed by atoms with E-state index in [4.69, 9.17) is 4.74 Å². The molecule has 6 nitrogen and oxygen atoms in total. The highest BCUT2D eigenvalue weighted by Gasteiger charge is 2.12. The number of carbonyl (C=O) groups is 2. The summed E-state index contributed by atoms with van der Waals surface area (Å²) in [6.07, 6.45) is 1.35. The molecule has 0 fully saturated rings. The van der Waals surface area contributed by atoms with E-state index in [-0.39, 0.29) is 18.1 Å². The first kappa shape index (κ1) is 20.7. The molecule has 0 aromatic heterocycles. The summed E-state index contributed by atoms with van der Waals surface area (Å²) >= 11 is 0. The van der Waals surface area contributed by atoms with Crippen molar-refractivity contribution in [1.82, 2.24) is 5.43 Å². The van der Waals surface area contributed by atoms with Crippen LogP contribution in [0.4, 0.5) is 14.5 Å². The summed E-state index contributed by atoms with van der Waals surface area (Å²) in [4.78, 5) is 23.5. The lowest BCUT2D eigenvalue weighted by Crippen LogP contribution is -2.32. The molecule has 0 unspecified atom stereocenters. The van der Waals surface area contributed by atoms with Crippen LogP contribution < -0.4 is 15.5 Å². The molecular formula is C22H17F2N3O3. The molecule has 0 bridgehead atoms. The molecule has 3 rings (SSSR count). The van der Waals surface area contributed by atoms with Crippen LogP contribution in [0.2, 0.25) is 0 Å². The van der Waals surface area contributed by atoms with Crippen molar-refractivity contribution in [3.8, 4) is 5.75 Å². The molecule has 2 amide bonds. The number of rotatable bonds is 6. The third-order valence-electron chi connectivity index (χ3n) is 3.92. The van der Waals surface area contributed by atoms with E-state index in [1.165, 1.54) is 24.4 Å². The Morgan fingerprint density at radius 1 is 0.900 bits per heavy atom. The first-order chi connectivity index (χ1) is 14.5. The summed E-state index contributed by atoms with van der Waals surface area (Å²) in [7, 11) is 0. The minimum Gasteiger partial charge on any atom is -0.489 e. The van der Waals surface area contributed by atoms with Gasteiger partial charge in [-0.15, -0.1) is 0 Å². The second kappa shape index (κ2) is 9.92. The second-order valence-corrected chi connectivity index (χ2v) is 6.11. The maximum atomic E-state index is 13.6. The summed E-state index contributed by atoms with van der Waals surface area (Å²) in [6, 6.07) is 18.1. The van der Waals surface area contributed by atoms with E-state index < -0.39 is 17.6 Å². The minimum absolute atomic E-state index is 0.0966. The molecule has 0 heterocycles. The molecule has 8 heteroatoms. The van der Waals surface area contributed by atoms with Gasteiger partial charge < -0.3 is 10.1 Å². The van der Waals surface area contributed by atoms with Crippen molar-refractivity contribution in [1.29, 1.82) is 0 Å². The van der Waals surface area contributed by atoms with Gasteiger partial charge in [-0.2, -0.15) is 5.10 Å². The number of hydrazone groups is 1. The van der Waals surface area contributed by atoms with Crippen molar-refractivity contribution in [2.24, 2.45) is 5.10 Å². The first-order valence-corrected chi connectivity index (χ1v) is 8.87. The Labute approximate surface area is 171 Å². The largest absolute Gasteiger partial charge is 0.489 e. The highest BCUT2D eigenvalue weighted by molar-refractivity contribution is 6.39. The smallest absolute Gasteiger partial charge is 0.329 e. The van der Waals surface area contributed by atoms with Crippen LogP contribution in [0.25, 0.3) is 0 Å². The van der Waals surface area contributed by atoms with Crippen LogP contribution in [0, 0.1) is 11.6 Å². The summed E-state index contributed by atoms with van der Waals surface area (Å²) < 4.78 is 32.0. The Morgan fingerprint density at radius 2 is 1.60 bits per heavy atom. The van der Waals surface area contributed by atoms with Gasteiger partial charge in [-0.3, -0.25) is 9.59 Å². The fraction of sp³-hybridized carbons (Fsp3) is 0.0455. The van der Waals surface area contributed by atoms with E-state index in [0.29, 0.717) is 16.9 Å². The third-order valence-corrected chi connectivity index (χ3v) is 3.92. The van der Waals surface area contributed by atoms with Gasteiger partial charge in [0.1, 0.15) is 24.0 Å². The van der Waals surface area contributed by atoms with Crippen molar-refractivity contribution in [2.75, 3.05) is 5.32 Å². The van der Waals surface area contributed by atoms with Crippen LogP contribution in [0.1, 0.15) is 11.1 Å². The molecule has 0 radical (unpaired) electrons. The number of benzene rings is 3. The second-order valence-electron chi connectivity index (χ2n) is 6.11. The number of amides is 2. The number of anilines is 1. The molecule has 0 aliphatic carbocycles. The zero-order valence-electron chi connectivity index (χ0n) is 15.6. The van der Waals surface area contributed by atoms with E-state index in [2.05, 4.69) is 15.8 Å². The molecule has 0 saturated heterocycles. The molecule has 0 aliphatic heterocycles. The van der Waals surface area contributed by atoms with E-state index >= 15 is 0 Å². The number of ether oxygens (including phenoxy) is 1. The van der Waals surface area contributed by atoms with Gasteiger partial charge in [0.2, 0.25) is 0 Å². The lowest BCUT2D eigenvalue weighted by Gasteiger charge is -2.07. The Hall–Kier alpha value is -4.07. The SMILES string of the molecule is O=C(N/N=C/c1ccc(OCc2ccccc2F)cc1)C(=O)Nc1ccc(F)cc1. The van der Waals surface area contributed by atoms with E-state index in [0.717, 1.165) is 12.1 Å². The predicted molar refractivity (Wildman–Crippen MR) is 108 cm³/mol. The van der Waals surface area contributed by atoms with E-state index in [9.17, 15) is 18.4 Å². The van der Waals surface area contributed by atoms with E-state index in [1.807, 2.05) is 0 Å². The number of hydrogen-bond donors (Lipinski definition) is 2. The summed E-state index contributed by atoms with van der Waals surface area (Å²) in [5.74, 6) is -2.15. The molecular weight excluding hydrogens is 392 g/mol. The van der Waals surface area contributed by atoms with Gasteiger partial charge in [0.25, 0.3) is 0 Å². The maximum Gasteiger partial charge on any atom is 0.329 e. The average molecular weight is 409 g/mol. The number of halogens is 2. The topological polar surface area (TPSA) is 79.8 Å². The number of carbonyl (C=O) groups excluding carboxylic acids is 2. The van der Waals surface area contributed by atoms with Crippen molar-refractivity contribution < 1.29 is 23.1 Å². The molecule has 3 aromatic carbocycles. The highest BCUT2D eigenvalue weighted by Crippen LogP contribution is 2.15. The maximum absolute atomic E-state index is 13.6. The normalized spacial score (nSPS) is 10.6. The van der Waals surface area contributed by atoms with Crippen LogP contribution in [-0.2, 0) is 16.2 Å². The van der Waals surface area contributed by atoms with E-state index in [1.54, 1.807) is 42.5 Å². The van der Waals surface area contributed by atoms with Crippen molar-refractivity contribution in [3.63, 3.8) is 0 Å². The molecule has 3 aromatic rings. The van der Waals surface area contributed by atoms with Crippen LogP contribution in [-0.4, -0.2) is 18.0 Å². The quantitative estimate of drug-likeness (QED) is 0.371. The molecule has 2 N–H and O–H groups in total. The Bertz CT molecular complexity index is 1050. The number of nitrogens with zero attached hydrogens (tertiary/aromatic N) is 1.